The number of carbonyl (C=O) groups is 2. The topological polar surface area (TPSA) is 141 Å². The van der Waals surface area contributed by atoms with Crippen molar-refractivity contribution in [3.63, 3.8) is 0 Å². The van der Waals surface area contributed by atoms with E-state index in [2.05, 4.69) is 25.7 Å². The third-order valence-corrected chi connectivity index (χ3v) is 5.21. The summed E-state index contributed by atoms with van der Waals surface area (Å²) < 4.78 is 44.2. The number of benzene rings is 1. The van der Waals surface area contributed by atoms with E-state index in [-0.39, 0.29) is 34.7 Å². The lowest BCUT2D eigenvalue weighted by molar-refractivity contribution is -0.115. The fourth-order valence-electron chi connectivity index (χ4n) is 3.35. The van der Waals surface area contributed by atoms with Crippen LogP contribution in [-0.4, -0.2) is 44.3 Å². The Morgan fingerprint density at radius 1 is 1.19 bits per heavy atom. The molecule has 0 bridgehead atoms. The van der Waals surface area contributed by atoms with E-state index in [1.807, 2.05) is 32.0 Å². The van der Waals surface area contributed by atoms with E-state index in [1.54, 1.807) is 6.07 Å². The molecule has 13 heteroatoms. The minimum atomic E-state index is -4.42. The molecule has 0 aliphatic rings. The van der Waals surface area contributed by atoms with Crippen molar-refractivity contribution >= 4 is 23.3 Å². The van der Waals surface area contributed by atoms with Crippen LogP contribution in [0.3, 0.4) is 0 Å². The lowest BCUT2D eigenvalue weighted by atomic mass is 10.0. The zero-order valence-electron chi connectivity index (χ0n) is 19.7. The number of nitrogens with one attached hydrogen (secondary N) is 2. The van der Waals surface area contributed by atoms with Crippen molar-refractivity contribution in [2.45, 2.75) is 25.9 Å². The molecule has 10 nitrogen and oxygen atoms in total. The summed E-state index contributed by atoms with van der Waals surface area (Å²) >= 11 is 0. The number of oxazole rings is 1. The molecule has 37 heavy (non-hydrogen) atoms. The molecule has 4 N–H and O–H groups in total. The summed E-state index contributed by atoms with van der Waals surface area (Å²) in [5.74, 6) is -1.34. The monoisotopic (exact) mass is 513 g/mol. The molecule has 0 aliphatic heterocycles. The first-order valence-corrected chi connectivity index (χ1v) is 11.0. The Morgan fingerprint density at radius 2 is 1.97 bits per heavy atom. The zero-order chi connectivity index (χ0) is 26.7. The molecule has 0 atom stereocenters. The van der Waals surface area contributed by atoms with Crippen molar-refractivity contribution in [1.82, 2.24) is 19.7 Å². The molecular weight excluding hydrogens is 491 g/mol. The minimum absolute atomic E-state index is 0.0149. The molecule has 0 fully saturated rings. The average Bonchev–Trinajstić information content (AvgIpc) is 3.51. The predicted molar refractivity (Wildman–Crippen MR) is 128 cm³/mol. The van der Waals surface area contributed by atoms with E-state index >= 15 is 0 Å². The van der Waals surface area contributed by atoms with Gasteiger partial charge in [0.15, 0.2) is 11.4 Å². The van der Waals surface area contributed by atoms with Crippen LogP contribution in [0.5, 0.6) is 0 Å². The van der Waals surface area contributed by atoms with Gasteiger partial charge in [0.05, 0.1) is 17.6 Å². The SMILES string of the molecule is CC(C)c1cccc(-n2cc(NC(=O)c3coc(-c4ccnc(NCC(F)(F)F)c4)n3)c(C(N)=O)n2)c1. The second-order valence-corrected chi connectivity index (χ2v) is 8.34. The van der Waals surface area contributed by atoms with Crippen LogP contribution in [0.15, 0.2) is 59.5 Å². The number of hydrogen-bond acceptors (Lipinski definition) is 7. The number of anilines is 2. The average molecular weight is 513 g/mol. The maximum absolute atomic E-state index is 12.8. The Kier molecular flexibility index (Phi) is 6.96. The van der Waals surface area contributed by atoms with Crippen LogP contribution in [0, 0.1) is 0 Å². The zero-order valence-corrected chi connectivity index (χ0v) is 19.7. The third kappa shape index (κ3) is 6.12. The Labute approximate surface area is 208 Å². The van der Waals surface area contributed by atoms with Crippen molar-refractivity contribution in [3.8, 4) is 17.1 Å². The minimum Gasteiger partial charge on any atom is -0.444 e. The molecule has 0 unspecified atom stereocenters. The van der Waals surface area contributed by atoms with Gasteiger partial charge in [-0.15, -0.1) is 0 Å². The molecule has 0 radical (unpaired) electrons. The molecule has 4 aromatic rings. The maximum Gasteiger partial charge on any atom is 0.405 e. The van der Waals surface area contributed by atoms with E-state index in [4.69, 9.17) is 10.2 Å². The number of pyridine rings is 1. The van der Waals surface area contributed by atoms with Crippen LogP contribution in [0.25, 0.3) is 17.1 Å². The summed E-state index contributed by atoms with van der Waals surface area (Å²) in [6.45, 7) is 2.82. The highest BCUT2D eigenvalue weighted by molar-refractivity contribution is 6.07. The standard InChI is InChI=1S/C24H22F3N7O3/c1-13(2)14-4-3-5-16(8-14)34-10-17(20(33-34)21(28)35)31-22(36)18-11-37-23(32-18)15-6-7-29-19(9-15)30-12-24(25,26)27/h3-11,13H,12H2,1-2H3,(H2,28,35)(H,29,30)(H,31,36). The van der Waals surface area contributed by atoms with Gasteiger partial charge in [0.25, 0.3) is 11.8 Å². The van der Waals surface area contributed by atoms with Gasteiger partial charge in [-0.3, -0.25) is 9.59 Å². The van der Waals surface area contributed by atoms with Crippen molar-refractivity contribution in [1.29, 1.82) is 0 Å². The van der Waals surface area contributed by atoms with Gasteiger partial charge in [0.2, 0.25) is 5.89 Å². The van der Waals surface area contributed by atoms with Gasteiger partial charge >= 0.3 is 6.18 Å². The smallest absolute Gasteiger partial charge is 0.405 e. The van der Waals surface area contributed by atoms with Crippen molar-refractivity contribution in [3.05, 3.63) is 72.0 Å². The molecule has 1 aromatic carbocycles. The first-order chi connectivity index (χ1) is 17.5. The number of alkyl halides is 3. The van der Waals surface area contributed by atoms with Crippen molar-refractivity contribution < 1.29 is 27.2 Å². The number of aromatic nitrogens is 4. The molecule has 3 aromatic heterocycles. The van der Waals surface area contributed by atoms with Gasteiger partial charge in [-0.25, -0.2) is 14.6 Å². The van der Waals surface area contributed by atoms with Crippen molar-refractivity contribution in [2.75, 3.05) is 17.2 Å². The van der Waals surface area contributed by atoms with Gasteiger partial charge in [-0.05, 0) is 35.7 Å². The number of nitrogens with two attached hydrogens (primary N) is 1. The van der Waals surface area contributed by atoms with Crippen LogP contribution >= 0.6 is 0 Å². The quantitative estimate of drug-likeness (QED) is 0.318. The second-order valence-electron chi connectivity index (χ2n) is 8.34. The van der Waals surface area contributed by atoms with Crippen LogP contribution in [0.2, 0.25) is 0 Å². The van der Waals surface area contributed by atoms with E-state index < -0.39 is 24.5 Å². The Hall–Kier alpha value is -4.68. The fraction of sp³-hybridized carbons (Fsp3) is 0.208. The summed E-state index contributed by atoms with van der Waals surface area (Å²) in [6.07, 6.45) is -0.602. The van der Waals surface area contributed by atoms with Crippen LogP contribution in [0.1, 0.15) is 46.3 Å². The summed E-state index contributed by atoms with van der Waals surface area (Å²) in [4.78, 5) is 32.7. The summed E-state index contributed by atoms with van der Waals surface area (Å²) in [5.41, 5.74) is 7.27. The molecule has 0 saturated heterocycles. The van der Waals surface area contributed by atoms with E-state index in [1.165, 1.54) is 29.2 Å². The Morgan fingerprint density at radius 3 is 2.68 bits per heavy atom. The van der Waals surface area contributed by atoms with E-state index in [0.717, 1.165) is 11.8 Å². The number of rotatable bonds is 8. The Bertz CT molecular complexity index is 1440. The van der Waals surface area contributed by atoms with Gasteiger partial charge in [0.1, 0.15) is 18.6 Å². The number of nitrogens with zero attached hydrogens (tertiary/aromatic N) is 4. The molecule has 3 heterocycles. The van der Waals surface area contributed by atoms with Gasteiger partial charge in [0, 0.05) is 11.8 Å². The number of halogens is 3. The first-order valence-electron chi connectivity index (χ1n) is 11.0. The van der Waals surface area contributed by atoms with Crippen molar-refractivity contribution in [2.24, 2.45) is 5.73 Å². The fourth-order valence-corrected chi connectivity index (χ4v) is 3.35. The summed E-state index contributed by atoms with van der Waals surface area (Å²) in [7, 11) is 0. The largest absolute Gasteiger partial charge is 0.444 e. The predicted octanol–water partition coefficient (Wildman–Crippen LogP) is 4.37. The number of amides is 2. The second kappa shape index (κ2) is 10.1. The highest BCUT2D eigenvalue weighted by Crippen LogP contribution is 2.24. The Balaban J connectivity index is 1.54. The van der Waals surface area contributed by atoms with E-state index in [9.17, 15) is 22.8 Å². The summed E-state index contributed by atoms with van der Waals surface area (Å²) in [5, 5.41) is 8.93. The first kappa shape index (κ1) is 25.4. The summed E-state index contributed by atoms with van der Waals surface area (Å²) in [6, 6.07) is 10.3. The van der Waals surface area contributed by atoms with Crippen LogP contribution < -0.4 is 16.4 Å². The third-order valence-electron chi connectivity index (χ3n) is 5.21. The molecule has 0 spiro atoms. The van der Waals surface area contributed by atoms with E-state index in [0.29, 0.717) is 11.3 Å². The van der Waals surface area contributed by atoms with Gasteiger partial charge < -0.3 is 20.8 Å². The lowest BCUT2D eigenvalue weighted by Gasteiger charge is -2.08. The molecule has 192 valence electrons. The van der Waals surface area contributed by atoms with Gasteiger partial charge in [-0.1, -0.05) is 26.0 Å². The maximum atomic E-state index is 12.8. The number of carbonyl (C=O) groups excluding carboxylic acids is 2. The lowest BCUT2D eigenvalue weighted by Crippen LogP contribution is -2.21. The highest BCUT2D eigenvalue weighted by Gasteiger charge is 2.27. The molecule has 2 amide bonds. The molecule has 0 saturated carbocycles. The number of hydrogen-bond donors (Lipinski definition) is 3. The van der Waals surface area contributed by atoms with Gasteiger partial charge in [-0.2, -0.15) is 18.3 Å². The molecular formula is C24H22F3N7O3. The number of primary amides is 1. The highest BCUT2D eigenvalue weighted by atomic mass is 19.4. The molecule has 4 rings (SSSR count). The molecule has 0 aliphatic carbocycles. The van der Waals surface area contributed by atoms with Crippen LogP contribution in [-0.2, 0) is 0 Å². The van der Waals surface area contributed by atoms with Crippen LogP contribution in [0.4, 0.5) is 24.7 Å². The normalized spacial score (nSPS) is 11.5.